The van der Waals surface area contributed by atoms with Crippen molar-refractivity contribution in [3.05, 3.63) is 179 Å². The Morgan fingerprint density at radius 3 is 1.15 bits per heavy atom. The molecule has 0 spiro atoms. The molecule has 2 nitrogen and oxygen atoms in total. The number of hydrogen-bond acceptors (Lipinski definition) is 2. The van der Waals surface area contributed by atoms with Crippen LogP contribution in [0.1, 0.15) is 65.5 Å². The Morgan fingerprint density at radius 2 is 0.771 bits per heavy atom. The van der Waals surface area contributed by atoms with Crippen molar-refractivity contribution in [1.29, 1.82) is 0 Å². The summed E-state index contributed by atoms with van der Waals surface area (Å²) in [5, 5.41) is 0. The third kappa shape index (κ3) is 6.16. The van der Waals surface area contributed by atoms with E-state index < -0.39 is 0 Å². The van der Waals surface area contributed by atoms with Crippen molar-refractivity contribution < 1.29 is 0 Å². The number of rotatable bonds is 8. The zero-order valence-electron chi connectivity index (χ0n) is 28.8. The van der Waals surface area contributed by atoms with Gasteiger partial charge < -0.3 is 9.80 Å². The molecule has 1 fully saturated rings. The van der Waals surface area contributed by atoms with Gasteiger partial charge in [-0.1, -0.05) is 115 Å². The largest absolute Gasteiger partial charge is 0.310 e. The molecular weight excluding hydrogens is 581 g/mol. The van der Waals surface area contributed by atoms with Crippen molar-refractivity contribution in [2.75, 3.05) is 9.80 Å². The summed E-state index contributed by atoms with van der Waals surface area (Å²) in [6.45, 7) is 8.76. The summed E-state index contributed by atoms with van der Waals surface area (Å²) in [4.78, 5) is 4.79. The lowest BCUT2D eigenvalue weighted by Gasteiger charge is -2.39. The zero-order chi connectivity index (χ0) is 33.1. The molecule has 6 aromatic rings. The number of benzene rings is 6. The van der Waals surface area contributed by atoms with Gasteiger partial charge in [-0.25, -0.2) is 0 Å². The van der Waals surface area contributed by atoms with Gasteiger partial charge >= 0.3 is 0 Å². The van der Waals surface area contributed by atoms with E-state index in [1.165, 1.54) is 99.6 Å². The number of aryl methyl sites for hydroxylation is 4. The Bertz CT molecular complexity index is 1830. The minimum Gasteiger partial charge on any atom is -0.310 e. The molecule has 1 saturated carbocycles. The third-order valence-electron chi connectivity index (χ3n) is 10.3. The maximum atomic E-state index is 2.40. The van der Waals surface area contributed by atoms with E-state index in [1.807, 2.05) is 0 Å². The Kier molecular flexibility index (Phi) is 8.91. The van der Waals surface area contributed by atoms with E-state index in [2.05, 4.69) is 183 Å². The highest BCUT2D eigenvalue weighted by Gasteiger charge is 2.36. The van der Waals surface area contributed by atoms with Gasteiger partial charge in [-0.3, -0.25) is 0 Å². The molecule has 0 amide bonds. The van der Waals surface area contributed by atoms with Crippen LogP contribution in [-0.2, 0) is 5.41 Å². The Morgan fingerprint density at radius 1 is 0.396 bits per heavy atom. The van der Waals surface area contributed by atoms with E-state index in [-0.39, 0.29) is 5.41 Å². The summed E-state index contributed by atoms with van der Waals surface area (Å²) in [6.07, 6.45) is 6.15. The predicted octanol–water partition coefficient (Wildman–Crippen LogP) is 13.1. The second-order valence-electron chi connectivity index (χ2n) is 13.7. The summed E-state index contributed by atoms with van der Waals surface area (Å²) < 4.78 is 0. The maximum absolute atomic E-state index is 2.40. The van der Waals surface area contributed by atoms with E-state index in [9.17, 15) is 0 Å². The van der Waals surface area contributed by atoms with E-state index in [0.717, 1.165) is 0 Å². The summed E-state index contributed by atoms with van der Waals surface area (Å²) in [5.41, 5.74) is 15.1. The van der Waals surface area contributed by atoms with Crippen LogP contribution >= 0.6 is 0 Å². The number of para-hydroxylation sites is 2. The molecule has 0 saturated heterocycles. The zero-order valence-corrected chi connectivity index (χ0v) is 28.8. The summed E-state index contributed by atoms with van der Waals surface area (Å²) in [7, 11) is 0. The molecule has 0 aromatic heterocycles. The molecule has 0 atom stereocenters. The molecule has 0 radical (unpaired) electrons. The first-order valence-corrected chi connectivity index (χ1v) is 17.5. The van der Waals surface area contributed by atoms with E-state index in [0.29, 0.717) is 0 Å². The van der Waals surface area contributed by atoms with Gasteiger partial charge in [0.05, 0.1) is 0 Å². The molecule has 1 aliphatic rings. The van der Waals surface area contributed by atoms with Crippen LogP contribution in [0, 0.1) is 27.7 Å². The first kappa shape index (κ1) is 31.5. The van der Waals surface area contributed by atoms with Crippen LogP contribution in [0.5, 0.6) is 0 Å². The van der Waals surface area contributed by atoms with Crippen molar-refractivity contribution in [2.45, 2.75) is 65.2 Å². The summed E-state index contributed by atoms with van der Waals surface area (Å²) in [5.74, 6) is 0. The van der Waals surface area contributed by atoms with E-state index >= 15 is 0 Å². The van der Waals surface area contributed by atoms with Gasteiger partial charge in [0.25, 0.3) is 0 Å². The van der Waals surface area contributed by atoms with E-state index in [1.54, 1.807) is 0 Å². The quantitative estimate of drug-likeness (QED) is 0.166. The highest BCUT2D eigenvalue weighted by molar-refractivity contribution is 5.80. The molecule has 48 heavy (non-hydrogen) atoms. The summed E-state index contributed by atoms with van der Waals surface area (Å²) in [6, 6.07) is 53.9. The van der Waals surface area contributed by atoms with E-state index in [4.69, 9.17) is 0 Å². The molecule has 7 rings (SSSR count). The second kappa shape index (κ2) is 13.6. The van der Waals surface area contributed by atoms with Crippen LogP contribution in [0.2, 0.25) is 0 Å². The minimum atomic E-state index is 0.00398. The average Bonchev–Trinajstić information content (AvgIpc) is 3.12. The Labute approximate surface area is 287 Å². The van der Waals surface area contributed by atoms with Gasteiger partial charge in [-0.15, -0.1) is 0 Å². The maximum Gasteiger partial charge on any atom is 0.0490 e. The standard InChI is InChI=1S/C46H46N2/c1-34-18-28-44(36(3)32-34)47(40-14-8-5-9-15-40)42-24-20-38(21-25-42)46(30-12-7-13-31-46)39-22-26-43(27-23-39)48(41-16-10-6-11-17-41)45-29-19-35(2)33-37(45)4/h5-6,8-11,14-29,32-33H,7,12-13,30-31H2,1-4H3. The first-order valence-electron chi connectivity index (χ1n) is 17.5. The Balaban J connectivity index is 1.27. The molecule has 1 aliphatic carbocycles. The molecule has 0 N–H and O–H groups in total. The highest BCUT2D eigenvalue weighted by atomic mass is 15.1. The van der Waals surface area contributed by atoms with Crippen molar-refractivity contribution in [1.82, 2.24) is 0 Å². The fourth-order valence-electron chi connectivity index (χ4n) is 7.88. The van der Waals surface area contributed by atoms with Crippen molar-refractivity contribution in [3.8, 4) is 0 Å². The van der Waals surface area contributed by atoms with Crippen LogP contribution < -0.4 is 9.80 Å². The monoisotopic (exact) mass is 626 g/mol. The van der Waals surface area contributed by atoms with Crippen LogP contribution in [0.3, 0.4) is 0 Å². The van der Waals surface area contributed by atoms with Crippen molar-refractivity contribution in [2.24, 2.45) is 0 Å². The number of nitrogens with zero attached hydrogens (tertiary/aromatic N) is 2. The van der Waals surface area contributed by atoms with Gasteiger partial charge in [0.2, 0.25) is 0 Å². The molecule has 0 unspecified atom stereocenters. The normalized spacial score (nSPS) is 14.0. The van der Waals surface area contributed by atoms with Crippen molar-refractivity contribution >= 4 is 34.1 Å². The lowest BCUT2D eigenvalue weighted by Crippen LogP contribution is -2.30. The van der Waals surface area contributed by atoms with Crippen molar-refractivity contribution in [3.63, 3.8) is 0 Å². The molecule has 2 heteroatoms. The SMILES string of the molecule is Cc1ccc(N(c2ccccc2)c2ccc(C3(c4ccc(N(c5ccccc5)c5ccc(C)cc5C)cc4)CCCCC3)cc2)c(C)c1. The molecule has 0 aliphatic heterocycles. The van der Waals surface area contributed by atoms with Crippen LogP contribution in [-0.4, -0.2) is 0 Å². The molecule has 0 heterocycles. The van der Waals surface area contributed by atoms with Crippen LogP contribution in [0.15, 0.2) is 146 Å². The topological polar surface area (TPSA) is 6.48 Å². The highest BCUT2D eigenvalue weighted by Crippen LogP contribution is 2.47. The van der Waals surface area contributed by atoms with Gasteiger partial charge in [0.15, 0.2) is 0 Å². The Hall–Kier alpha value is -5.08. The second-order valence-corrected chi connectivity index (χ2v) is 13.7. The lowest BCUT2D eigenvalue weighted by molar-refractivity contribution is 0.346. The molecule has 0 bridgehead atoms. The molecule has 240 valence electrons. The first-order chi connectivity index (χ1) is 23.4. The summed E-state index contributed by atoms with van der Waals surface area (Å²) >= 11 is 0. The third-order valence-corrected chi connectivity index (χ3v) is 10.3. The fourth-order valence-corrected chi connectivity index (χ4v) is 7.88. The molecule has 6 aromatic carbocycles. The average molecular weight is 627 g/mol. The van der Waals surface area contributed by atoms with Gasteiger partial charge in [0, 0.05) is 39.5 Å². The lowest BCUT2D eigenvalue weighted by atomic mass is 9.65. The smallest absolute Gasteiger partial charge is 0.0490 e. The molecular formula is C46H46N2. The van der Waals surface area contributed by atoms with Gasteiger partial charge in [0.1, 0.15) is 0 Å². The number of anilines is 6. The fraction of sp³-hybridized carbons (Fsp3) is 0.217. The van der Waals surface area contributed by atoms with Crippen LogP contribution in [0.4, 0.5) is 34.1 Å². The minimum absolute atomic E-state index is 0.00398. The van der Waals surface area contributed by atoms with Crippen LogP contribution in [0.25, 0.3) is 0 Å². The van der Waals surface area contributed by atoms with Gasteiger partial charge in [-0.2, -0.15) is 0 Å². The predicted molar refractivity (Wildman–Crippen MR) is 205 cm³/mol. The van der Waals surface area contributed by atoms with Gasteiger partial charge in [-0.05, 0) is 123 Å². The number of hydrogen-bond donors (Lipinski definition) is 0.